The van der Waals surface area contributed by atoms with Gasteiger partial charge in [0.15, 0.2) is 0 Å². The zero-order valence-corrected chi connectivity index (χ0v) is 13.1. The predicted molar refractivity (Wildman–Crippen MR) is 80.8 cm³/mol. The SMILES string of the molecule is CC(C)n1ncc2c1NC(=O)C[C@H]2c1ccccc1OC(F)(F)F. The molecule has 2 heterocycles. The lowest BCUT2D eigenvalue weighted by Crippen LogP contribution is -2.26. The maximum atomic E-state index is 12.7. The number of para-hydroxylation sites is 1. The van der Waals surface area contributed by atoms with Crippen LogP contribution in [0.25, 0.3) is 0 Å². The average Bonchev–Trinajstić information content (AvgIpc) is 2.89. The normalized spacial score (nSPS) is 17.6. The van der Waals surface area contributed by atoms with Crippen molar-refractivity contribution in [3.63, 3.8) is 0 Å². The fraction of sp³-hybridized carbons (Fsp3) is 0.375. The predicted octanol–water partition coefficient (Wildman–Crippen LogP) is 3.84. The molecule has 0 unspecified atom stereocenters. The Kier molecular flexibility index (Phi) is 3.98. The van der Waals surface area contributed by atoms with E-state index in [4.69, 9.17) is 0 Å². The Balaban J connectivity index is 2.07. The van der Waals surface area contributed by atoms with Crippen molar-refractivity contribution in [2.75, 3.05) is 5.32 Å². The number of halogens is 3. The van der Waals surface area contributed by atoms with E-state index in [1.165, 1.54) is 12.1 Å². The average molecular weight is 339 g/mol. The molecule has 128 valence electrons. The van der Waals surface area contributed by atoms with Crippen molar-refractivity contribution >= 4 is 11.7 Å². The number of benzene rings is 1. The van der Waals surface area contributed by atoms with Crippen LogP contribution in [0.1, 0.15) is 43.4 Å². The molecule has 1 aliphatic rings. The largest absolute Gasteiger partial charge is 0.573 e. The molecule has 0 saturated carbocycles. The molecule has 0 spiro atoms. The summed E-state index contributed by atoms with van der Waals surface area (Å²) in [6, 6.07) is 5.89. The third-order valence-corrected chi connectivity index (χ3v) is 3.86. The van der Waals surface area contributed by atoms with Gasteiger partial charge in [0, 0.05) is 29.5 Å². The number of fused-ring (bicyclic) bond motifs is 1. The van der Waals surface area contributed by atoms with Gasteiger partial charge in [-0.25, -0.2) is 4.68 Å². The first kappa shape index (κ1) is 16.4. The van der Waals surface area contributed by atoms with Crippen molar-refractivity contribution in [2.45, 2.75) is 38.6 Å². The third kappa shape index (κ3) is 3.08. The van der Waals surface area contributed by atoms with Crippen LogP contribution in [0.4, 0.5) is 19.0 Å². The zero-order valence-electron chi connectivity index (χ0n) is 13.1. The zero-order chi connectivity index (χ0) is 17.5. The van der Waals surface area contributed by atoms with E-state index in [1.54, 1.807) is 23.0 Å². The van der Waals surface area contributed by atoms with E-state index in [0.29, 0.717) is 16.9 Å². The lowest BCUT2D eigenvalue weighted by Gasteiger charge is -2.26. The summed E-state index contributed by atoms with van der Waals surface area (Å²) < 4.78 is 43.7. The summed E-state index contributed by atoms with van der Waals surface area (Å²) in [4.78, 5) is 12.1. The number of amides is 1. The molecule has 2 aromatic rings. The number of anilines is 1. The van der Waals surface area contributed by atoms with Crippen LogP contribution in [0.5, 0.6) is 5.75 Å². The van der Waals surface area contributed by atoms with Gasteiger partial charge in [-0.05, 0) is 19.9 Å². The second-order valence-electron chi connectivity index (χ2n) is 5.88. The molecule has 0 bridgehead atoms. The van der Waals surface area contributed by atoms with Crippen molar-refractivity contribution in [3.05, 3.63) is 41.6 Å². The number of alkyl halides is 3. The highest BCUT2D eigenvalue weighted by molar-refractivity contribution is 5.94. The summed E-state index contributed by atoms with van der Waals surface area (Å²) >= 11 is 0. The van der Waals surface area contributed by atoms with Crippen LogP contribution < -0.4 is 10.1 Å². The maximum absolute atomic E-state index is 12.7. The fourth-order valence-electron chi connectivity index (χ4n) is 2.89. The van der Waals surface area contributed by atoms with Crippen LogP contribution in [0, 0.1) is 0 Å². The minimum absolute atomic E-state index is 0.00877. The van der Waals surface area contributed by atoms with Crippen molar-refractivity contribution in [2.24, 2.45) is 0 Å². The van der Waals surface area contributed by atoms with E-state index in [2.05, 4.69) is 15.2 Å². The molecule has 3 rings (SSSR count). The van der Waals surface area contributed by atoms with Crippen molar-refractivity contribution < 1.29 is 22.7 Å². The molecular weight excluding hydrogens is 323 g/mol. The Hall–Kier alpha value is -2.51. The van der Waals surface area contributed by atoms with Gasteiger partial charge in [-0.1, -0.05) is 18.2 Å². The Bertz CT molecular complexity index is 768. The molecule has 1 aromatic carbocycles. The number of nitrogens with zero attached hydrogens (tertiary/aromatic N) is 2. The number of hydrogen-bond donors (Lipinski definition) is 1. The van der Waals surface area contributed by atoms with Crippen LogP contribution in [0.3, 0.4) is 0 Å². The first-order valence-electron chi connectivity index (χ1n) is 7.48. The minimum atomic E-state index is -4.79. The second-order valence-corrected chi connectivity index (χ2v) is 5.88. The first-order valence-corrected chi connectivity index (χ1v) is 7.48. The van der Waals surface area contributed by atoms with E-state index in [1.807, 2.05) is 13.8 Å². The molecule has 24 heavy (non-hydrogen) atoms. The van der Waals surface area contributed by atoms with Crippen molar-refractivity contribution in [3.8, 4) is 5.75 Å². The maximum Gasteiger partial charge on any atom is 0.573 e. The van der Waals surface area contributed by atoms with Gasteiger partial charge < -0.3 is 10.1 Å². The Morgan fingerprint density at radius 2 is 2.00 bits per heavy atom. The monoisotopic (exact) mass is 339 g/mol. The van der Waals surface area contributed by atoms with E-state index in [-0.39, 0.29) is 24.1 Å². The number of carbonyl (C=O) groups excluding carboxylic acids is 1. The van der Waals surface area contributed by atoms with Crippen LogP contribution in [-0.2, 0) is 4.79 Å². The van der Waals surface area contributed by atoms with Crippen LogP contribution in [0.15, 0.2) is 30.5 Å². The topological polar surface area (TPSA) is 56.2 Å². The lowest BCUT2D eigenvalue weighted by molar-refractivity contribution is -0.274. The smallest absolute Gasteiger partial charge is 0.405 e. The van der Waals surface area contributed by atoms with E-state index in [0.717, 1.165) is 0 Å². The third-order valence-electron chi connectivity index (χ3n) is 3.86. The van der Waals surface area contributed by atoms with Crippen LogP contribution >= 0.6 is 0 Å². The summed E-state index contributed by atoms with van der Waals surface area (Å²) in [7, 11) is 0. The fourth-order valence-corrected chi connectivity index (χ4v) is 2.89. The number of rotatable bonds is 3. The van der Waals surface area contributed by atoms with Crippen molar-refractivity contribution in [1.82, 2.24) is 9.78 Å². The quantitative estimate of drug-likeness (QED) is 0.924. The van der Waals surface area contributed by atoms with Gasteiger partial charge in [0.25, 0.3) is 0 Å². The van der Waals surface area contributed by atoms with E-state index < -0.39 is 12.3 Å². The summed E-state index contributed by atoms with van der Waals surface area (Å²) in [5.74, 6) is -0.586. The highest BCUT2D eigenvalue weighted by Gasteiger charge is 2.36. The summed E-state index contributed by atoms with van der Waals surface area (Å²) in [6.45, 7) is 3.81. The molecule has 1 amide bonds. The van der Waals surface area contributed by atoms with Crippen LogP contribution in [-0.4, -0.2) is 22.1 Å². The first-order chi connectivity index (χ1) is 11.3. The number of hydrogen-bond acceptors (Lipinski definition) is 3. The van der Waals surface area contributed by atoms with Gasteiger partial charge in [-0.15, -0.1) is 13.2 Å². The van der Waals surface area contributed by atoms with Gasteiger partial charge in [-0.2, -0.15) is 5.10 Å². The van der Waals surface area contributed by atoms with Gasteiger partial charge >= 0.3 is 6.36 Å². The summed E-state index contributed by atoms with van der Waals surface area (Å²) in [5.41, 5.74) is 0.996. The minimum Gasteiger partial charge on any atom is -0.405 e. The highest BCUT2D eigenvalue weighted by atomic mass is 19.4. The molecule has 1 aliphatic heterocycles. The Morgan fingerprint density at radius 1 is 1.29 bits per heavy atom. The van der Waals surface area contributed by atoms with E-state index in [9.17, 15) is 18.0 Å². The van der Waals surface area contributed by atoms with Crippen LogP contribution in [0.2, 0.25) is 0 Å². The molecule has 5 nitrogen and oxygen atoms in total. The molecule has 1 N–H and O–H groups in total. The molecule has 0 aliphatic carbocycles. The lowest BCUT2D eigenvalue weighted by atomic mass is 9.87. The second kappa shape index (κ2) is 5.85. The molecule has 0 fully saturated rings. The highest BCUT2D eigenvalue weighted by Crippen LogP contribution is 2.42. The van der Waals surface area contributed by atoms with Gasteiger partial charge in [0.05, 0.1) is 6.20 Å². The standard InChI is InChI=1S/C16H16F3N3O2/c1-9(2)22-15-12(8-20-22)11(7-14(23)21-15)10-5-3-4-6-13(10)24-16(17,18)19/h3-6,8-9,11H,7H2,1-2H3,(H,21,23)/t11-/m0/s1. The summed E-state index contributed by atoms with van der Waals surface area (Å²) in [5, 5.41) is 7.01. The number of aromatic nitrogens is 2. The molecule has 8 heteroatoms. The molecule has 0 radical (unpaired) electrons. The van der Waals surface area contributed by atoms with Crippen molar-refractivity contribution in [1.29, 1.82) is 0 Å². The number of carbonyl (C=O) groups is 1. The summed E-state index contributed by atoms with van der Waals surface area (Å²) in [6.07, 6.45) is -3.17. The molecule has 0 saturated heterocycles. The molecular formula is C16H16F3N3O2. The van der Waals surface area contributed by atoms with Gasteiger partial charge in [0.2, 0.25) is 5.91 Å². The molecule has 1 atom stereocenters. The van der Waals surface area contributed by atoms with Gasteiger partial charge in [-0.3, -0.25) is 4.79 Å². The number of ether oxygens (including phenoxy) is 1. The Morgan fingerprint density at radius 3 is 2.67 bits per heavy atom. The van der Waals surface area contributed by atoms with E-state index >= 15 is 0 Å². The van der Waals surface area contributed by atoms with Gasteiger partial charge in [0.1, 0.15) is 11.6 Å². The Labute approximate surface area is 136 Å². The molecule has 1 aromatic heterocycles. The number of nitrogens with one attached hydrogen (secondary N) is 1.